The number of carbonyl (C=O) groups excluding carboxylic acids is 3. The largest absolute Gasteiger partial charge is 0.491 e. The highest BCUT2D eigenvalue weighted by molar-refractivity contribution is 6.37. The predicted octanol–water partition coefficient (Wildman–Crippen LogP) is 4.06. The first-order chi connectivity index (χ1) is 14.3. The van der Waals surface area contributed by atoms with Crippen LogP contribution in [0.1, 0.15) is 12.5 Å². The monoisotopic (exact) mass is 451 g/mol. The van der Waals surface area contributed by atoms with Gasteiger partial charge in [0, 0.05) is 0 Å². The number of imide groups is 1. The van der Waals surface area contributed by atoms with Gasteiger partial charge in [0.2, 0.25) is 5.91 Å². The van der Waals surface area contributed by atoms with Gasteiger partial charge in [-0.3, -0.25) is 9.59 Å². The molecule has 0 unspecified atom stereocenters. The Balaban J connectivity index is 1.74. The Morgan fingerprint density at radius 2 is 1.90 bits per heavy atom. The third-order valence-corrected chi connectivity index (χ3v) is 4.59. The standard InChI is InChI=1S/C20H16Cl2FN3O4/c1-2-30-18-12(21)7-11(8-13(18)22)9-16-19(28)26(20(29)25-16)10-17(27)24-15-6-4-3-5-14(15)23/h3-9H,2,10H2,1H3,(H,24,27)(H,25,29)/b16-9+. The van der Waals surface area contributed by atoms with Crippen molar-refractivity contribution in [3.8, 4) is 5.75 Å². The second kappa shape index (κ2) is 9.15. The van der Waals surface area contributed by atoms with Crippen LogP contribution in [0.5, 0.6) is 5.75 Å². The molecular formula is C20H16Cl2FN3O4. The lowest BCUT2D eigenvalue weighted by molar-refractivity contribution is -0.127. The van der Waals surface area contributed by atoms with Crippen LogP contribution in [0.25, 0.3) is 6.08 Å². The van der Waals surface area contributed by atoms with Crippen LogP contribution >= 0.6 is 23.2 Å². The highest BCUT2D eigenvalue weighted by Crippen LogP contribution is 2.35. The van der Waals surface area contributed by atoms with E-state index in [1.165, 1.54) is 36.4 Å². The minimum absolute atomic E-state index is 0.0519. The maximum absolute atomic E-state index is 13.6. The van der Waals surface area contributed by atoms with Crippen LogP contribution in [0.2, 0.25) is 10.0 Å². The summed E-state index contributed by atoms with van der Waals surface area (Å²) in [5, 5.41) is 5.20. The van der Waals surface area contributed by atoms with E-state index in [1.807, 2.05) is 0 Å². The zero-order valence-electron chi connectivity index (χ0n) is 15.7. The lowest BCUT2D eigenvalue weighted by Gasteiger charge is -2.12. The number of halogens is 3. The number of urea groups is 1. The number of amides is 4. The van der Waals surface area contributed by atoms with Gasteiger partial charge in [-0.05, 0) is 42.8 Å². The zero-order chi connectivity index (χ0) is 21.8. The third-order valence-electron chi connectivity index (χ3n) is 4.03. The van der Waals surface area contributed by atoms with E-state index in [1.54, 1.807) is 13.0 Å². The van der Waals surface area contributed by atoms with Crippen molar-refractivity contribution in [2.24, 2.45) is 0 Å². The molecule has 156 valence electrons. The zero-order valence-corrected chi connectivity index (χ0v) is 17.2. The van der Waals surface area contributed by atoms with Crippen molar-refractivity contribution in [2.75, 3.05) is 18.5 Å². The first-order valence-corrected chi connectivity index (χ1v) is 9.56. The fourth-order valence-corrected chi connectivity index (χ4v) is 3.34. The fraction of sp³-hybridized carbons (Fsp3) is 0.150. The minimum Gasteiger partial charge on any atom is -0.491 e. The van der Waals surface area contributed by atoms with E-state index in [0.717, 1.165) is 0 Å². The van der Waals surface area contributed by atoms with Gasteiger partial charge < -0.3 is 15.4 Å². The van der Waals surface area contributed by atoms with Gasteiger partial charge in [-0.2, -0.15) is 0 Å². The number of para-hydroxylation sites is 1. The van der Waals surface area contributed by atoms with Crippen molar-refractivity contribution in [2.45, 2.75) is 6.92 Å². The van der Waals surface area contributed by atoms with Crippen molar-refractivity contribution in [1.29, 1.82) is 0 Å². The normalized spacial score (nSPS) is 14.8. The lowest BCUT2D eigenvalue weighted by atomic mass is 10.1. The van der Waals surface area contributed by atoms with E-state index < -0.39 is 30.2 Å². The van der Waals surface area contributed by atoms with Crippen LogP contribution in [-0.4, -0.2) is 35.9 Å². The molecule has 10 heteroatoms. The summed E-state index contributed by atoms with van der Waals surface area (Å²) in [6, 6.07) is 7.83. The number of nitrogens with zero attached hydrogens (tertiary/aromatic N) is 1. The van der Waals surface area contributed by atoms with Gasteiger partial charge in [0.1, 0.15) is 18.1 Å². The van der Waals surface area contributed by atoms with Crippen LogP contribution < -0.4 is 15.4 Å². The molecule has 0 bridgehead atoms. The molecule has 0 aliphatic carbocycles. The molecule has 30 heavy (non-hydrogen) atoms. The summed E-state index contributed by atoms with van der Waals surface area (Å²) in [6.07, 6.45) is 1.38. The second-order valence-electron chi connectivity index (χ2n) is 6.15. The van der Waals surface area contributed by atoms with Crippen LogP contribution in [0.4, 0.5) is 14.9 Å². The molecule has 1 aliphatic rings. The summed E-state index contributed by atoms with van der Waals surface area (Å²) < 4.78 is 19.0. The number of rotatable bonds is 6. The van der Waals surface area contributed by atoms with Crippen molar-refractivity contribution in [3.63, 3.8) is 0 Å². The van der Waals surface area contributed by atoms with Crippen LogP contribution in [0, 0.1) is 5.82 Å². The topological polar surface area (TPSA) is 87.7 Å². The number of ether oxygens (including phenoxy) is 1. The summed E-state index contributed by atoms with van der Waals surface area (Å²) in [4.78, 5) is 37.5. The smallest absolute Gasteiger partial charge is 0.329 e. The number of hydrogen-bond acceptors (Lipinski definition) is 4. The summed E-state index contributed by atoms with van der Waals surface area (Å²) in [5.74, 6) is -1.76. The molecule has 7 nitrogen and oxygen atoms in total. The summed E-state index contributed by atoms with van der Waals surface area (Å²) >= 11 is 12.3. The molecule has 2 N–H and O–H groups in total. The van der Waals surface area contributed by atoms with Crippen LogP contribution in [0.3, 0.4) is 0 Å². The number of hydrogen-bond donors (Lipinski definition) is 2. The van der Waals surface area contributed by atoms with E-state index >= 15 is 0 Å². The Kier molecular flexibility index (Phi) is 6.59. The minimum atomic E-state index is -0.780. The first kappa shape index (κ1) is 21.6. The Morgan fingerprint density at radius 3 is 2.53 bits per heavy atom. The molecule has 2 aromatic rings. The van der Waals surface area contributed by atoms with Crippen molar-refractivity contribution >= 4 is 52.8 Å². The SMILES string of the molecule is CCOc1c(Cl)cc(/C=C2/NC(=O)N(CC(=O)Nc3ccccc3F)C2=O)cc1Cl. The van der Waals surface area contributed by atoms with E-state index in [4.69, 9.17) is 27.9 Å². The Hall–Kier alpha value is -3.10. The number of anilines is 1. The highest BCUT2D eigenvalue weighted by Gasteiger charge is 2.35. The maximum atomic E-state index is 13.6. The van der Waals surface area contributed by atoms with Crippen LogP contribution in [0.15, 0.2) is 42.1 Å². The first-order valence-electron chi connectivity index (χ1n) is 8.81. The third kappa shape index (κ3) is 4.72. The molecule has 1 fully saturated rings. The molecule has 2 aromatic carbocycles. The molecule has 0 spiro atoms. The molecule has 0 aromatic heterocycles. The molecule has 3 rings (SSSR count). The van der Waals surface area contributed by atoms with Crippen molar-refractivity contribution in [1.82, 2.24) is 10.2 Å². The van der Waals surface area contributed by atoms with Crippen molar-refractivity contribution in [3.05, 3.63) is 63.5 Å². The van der Waals surface area contributed by atoms with Gasteiger partial charge in [-0.1, -0.05) is 35.3 Å². The molecular weight excluding hydrogens is 436 g/mol. The molecule has 0 saturated carbocycles. The fourth-order valence-electron chi connectivity index (χ4n) is 2.72. The van der Waals surface area contributed by atoms with E-state index in [2.05, 4.69) is 10.6 Å². The summed E-state index contributed by atoms with van der Waals surface area (Å²) in [7, 11) is 0. The van der Waals surface area contributed by atoms with E-state index in [-0.39, 0.29) is 21.4 Å². The lowest BCUT2D eigenvalue weighted by Crippen LogP contribution is -2.38. The van der Waals surface area contributed by atoms with Crippen LogP contribution in [-0.2, 0) is 9.59 Å². The number of nitrogens with one attached hydrogen (secondary N) is 2. The van der Waals surface area contributed by atoms with Gasteiger partial charge in [0.15, 0.2) is 5.75 Å². The highest BCUT2D eigenvalue weighted by atomic mass is 35.5. The van der Waals surface area contributed by atoms with Gasteiger partial charge in [0.25, 0.3) is 5.91 Å². The van der Waals surface area contributed by atoms with E-state index in [0.29, 0.717) is 22.8 Å². The summed E-state index contributed by atoms with van der Waals surface area (Å²) in [6.45, 7) is 1.58. The molecule has 1 saturated heterocycles. The maximum Gasteiger partial charge on any atom is 0.329 e. The molecule has 4 amide bonds. The second-order valence-corrected chi connectivity index (χ2v) is 6.97. The van der Waals surface area contributed by atoms with E-state index in [9.17, 15) is 18.8 Å². The Bertz CT molecular complexity index is 1040. The van der Waals surface area contributed by atoms with Crippen molar-refractivity contribution < 1.29 is 23.5 Å². The van der Waals surface area contributed by atoms with Gasteiger partial charge >= 0.3 is 6.03 Å². The van der Waals surface area contributed by atoms with Gasteiger partial charge in [-0.25, -0.2) is 14.1 Å². The average Bonchev–Trinajstić information content (AvgIpc) is 2.94. The molecule has 0 atom stereocenters. The average molecular weight is 452 g/mol. The predicted molar refractivity (Wildman–Crippen MR) is 111 cm³/mol. The number of benzene rings is 2. The van der Waals surface area contributed by atoms with Gasteiger partial charge in [0.05, 0.1) is 22.3 Å². The Labute approximate surface area is 181 Å². The Morgan fingerprint density at radius 1 is 1.23 bits per heavy atom. The summed E-state index contributed by atoms with van der Waals surface area (Å²) in [5.41, 5.74) is 0.341. The quantitative estimate of drug-likeness (QED) is 0.511. The molecule has 1 aliphatic heterocycles. The number of carbonyl (C=O) groups is 3. The molecule has 0 radical (unpaired) electrons. The van der Waals surface area contributed by atoms with Gasteiger partial charge in [-0.15, -0.1) is 0 Å². The molecule has 1 heterocycles.